The van der Waals surface area contributed by atoms with Crippen molar-refractivity contribution < 1.29 is 14.3 Å². The molecule has 0 saturated carbocycles. The van der Waals surface area contributed by atoms with Crippen LogP contribution >= 0.6 is 11.3 Å². The van der Waals surface area contributed by atoms with Gasteiger partial charge in [-0.15, -0.1) is 0 Å². The minimum absolute atomic E-state index is 0.140. The molecule has 1 N–H and O–H groups in total. The van der Waals surface area contributed by atoms with Crippen molar-refractivity contribution in [3.63, 3.8) is 0 Å². The van der Waals surface area contributed by atoms with Crippen LogP contribution in [0.2, 0.25) is 0 Å². The second kappa shape index (κ2) is 6.34. The molecule has 2 aromatic rings. The Morgan fingerprint density at radius 1 is 1.38 bits per heavy atom. The molecule has 1 fully saturated rings. The summed E-state index contributed by atoms with van der Waals surface area (Å²) in [6.07, 6.45) is 0. The van der Waals surface area contributed by atoms with Gasteiger partial charge in [0.2, 0.25) is 0 Å². The summed E-state index contributed by atoms with van der Waals surface area (Å²) in [6.45, 7) is 2.00. The number of hydrogen-bond donors (Lipinski definition) is 1. The van der Waals surface area contributed by atoms with Gasteiger partial charge in [-0.05, 0) is 47.5 Å². The quantitative estimate of drug-likeness (QED) is 0.847. The molecule has 3 rings (SSSR count). The molecule has 6 nitrogen and oxygen atoms in total. The molecular weight excluding hydrogens is 326 g/mol. The van der Waals surface area contributed by atoms with Crippen molar-refractivity contribution in [3.8, 4) is 11.8 Å². The van der Waals surface area contributed by atoms with Crippen LogP contribution in [0, 0.1) is 11.3 Å². The smallest absolute Gasteiger partial charge is 0.325 e. The third kappa shape index (κ3) is 2.84. The van der Waals surface area contributed by atoms with Gasteiger partial charge in [-0.2, -0.15) is 16.6 Å². The Balaban J connectivity index is 1.64. The Bertz CT molecular complexity index is 813. The fourth-order valence-corrected chi connectivity index (χ4v) is 3.32. The van der Waals surface area contributed by atoms with Gasteiger partial charge >= 0.3 is 6.03 Å². The van der Waals surface area contributed by atoms with E-state index in [-0.39, 0.29) is 19.1 Å². The van der Waals surface area contributed by atoms with E-state index in [0.29, 0.717) is 11.3 Å². The van der Waals surface area contributed by atoms with Gasteiger partial charge in [0.1, 0.15) is 17.9 Å². The summed E-state index contributed by atoms with van der Waals surface area (Å²) >= 11 is 1.47. The van der Waals surface area contributed by atoms with Crippen LogP contribution in [0.25, 0.3) is 0 Å². The molecule has 0 aliphatic carbocycles. The van der Waals surface area contributed by atoms with Gasteiger partial charge < -0.3 is 10.1 Å². The van der Waals surface area contributed by atoms with Gasteiger partial charge in [-0.1, -0.05) is 6.07 Å². The van der Waals surface area contributed by atoms with Crippen LogP contribution in [0.1, 0.15) is 18.1 Å². The third-order valence-electron chi connectivity index (χ3n) is 3.92. The standard InChI is InChI=1S/C17H15N3O3S/c1-17(13-5-8-24-11-13)15(21)20(16(22)19-17)6-7-23-14-4-2-3-12(9-14)10-18/h2-5,8-9,11H,6-7H2,1H3,(H,19,22). The van der Waals surface area contributed by atoms with E-state index < -0.39 is 11.6 Å². The lowest BCUT2D eigenvalue weighted by molar-refractivity contribution is -0.131. The summed E-state index contributed by atoms with van der Waals surface area (Å²) in [4.78, 5) is 25.9. The zero-order chi connectivity index (χ0) is 17.2. The van der Waals surface area contributed by atoms with Crippen LogP contribution in [-0.4, -0.2) is 30.0 Å². The van der Waals surface area contributed by atoms with Crippen molar-refractivity contribution in [2.45, 2.75) is 12.5 Å². The van der Waals surface area contributed by atoms with Gasteiger partial charge in [0, 0.05) is 0 Å². The highest BCUT2D eigenvalue weighted by molar-refractivity contribution is 7.08. The van der Waals surface area contributed by atoms with E-state index >= 15 is 0 Å². The molecular formula is C17H15N3O3S. The molecule has 3 amide bonds. The summed E-state index contributed by atoms with van der Waals surface area (Å²) in [5.41, 5.74) is 0.237. The Morgan fingerprint density at radius 2 is 2.21 bits per heavy atom. The normalized spacial score (nSPS) is 19.9. The molecule has 7 heteroatoms. The second-order valence-electron chi connectivity index (χ2n) is 5.51. The maximum atomic E-state index is 12.6. The van der Waals surface area contributed by atoms with Gasteiger partial charge in [-0.25, -0.2) is 4.79 Å². The average molecular weight is 341 g/mol. The van der Waals surface area contributed by atoms with E-state index in [1.54, 1.807) is 31.2 Å². The summed E-state index contributed by atoms with van der Waals surface area (Å²) in [5.74, 6) is 0.238. The topological polar surface area (TPSA) is 82.4 Å². The van der Waals surface area contributed by atoms with E-state index in [0.717, 1.165) is 10.5 Å². The van der Waals surface area contributed by atoms with Gasteiger partial charge in [0.05, 0.1) is 18.2 Å². The predicted molar refractivity (Wildman–Crippen MR) is 88.6 cm³/mol. The van der Waals surface area contributed by atoms with Crippen LogP contribution in [0.15, 0.2) is 41.1 Å². The highest BCUT2D eigenvalue weighted by Gasteiger charge is 2.48. The molecule has 1 unspecified atom stereocenters. The maximum absolute atomic E-state index is 12.6. The average Bonchev–Trinajstić information content (AvgIpc) is 3.19. The van der Waals surface area contributed by atoms with Crippen LogP contribution < -0.4 is 10.1 Å². The number of imide groups is 1. The number of nitriles is 1. The first-order valence-corrected chi connectivity index (χ1v) is 8.28. The third-order valence-corrected chi connectivity index (χ3v) is 4.60. The fraction of sp³-hybridized carbons (Fsp3) is 0.235. The number of ether oxygens (including phenoxy) is 1. The highest BCUT2D eigenvalue weighted by atomic mass is 32.1. The summed E-state index contributed by atoms with van der Waals surface area (Å²) in [5, 5.41) is 15.3. The van der Waals surface area contributed by atoms with E-state index in [4.69, 9.17) is 10.00 Å². The molecule has 1 saturated heterocycles. The molecule has 1 aromatic heterocycles. The molecule has 0 radical (unpaired) electrons. The molecule has 1 aromatic carbocycles. The van der Waals surface area contributed by atoms with Crippen molar-refractivity contribution >= 4 is 23.3 Å². The Hall–Kier alpha value is -2.85. The summed E-state index contributed by atoms with van der Waals surface area (Å²) in [6, 6.07) is 10.2. The minimum Gasteiger partial charge on any atom is -0.492 e. The summed E-state index contributed by atoms with van der Waals surface area (Å²) in [7, 11) is 0. The lowest BCUT2D eigenvalue weighted by atomic mass is 9.95. The maximum Gasteiger partial charge on any atom is 0.325 e. The monoisotopic (exact) mass is 341 g/mol. The number of carbonyl (C=O) groups is 2. The van der Waals surface area contributed by atoms with E-state index in [2.05, 4.69) is 5.32 Å². The zero-order valence-corrected chi connectivity index (χ0v) is 13.8. The van der Waals surface area contributed by atoms with Crippen LogP contribution in [0.3, 0.4) is 0 Å². The van der Waals surface area contributed by atoms with Crippen molar-refractivity contribution in [2.75, 3.05) is 13.2 Å². The number of carbonyl (C=O) groups excluding carboxylic acids is 2. The summed E-state index contributed by atoms with van der Waals surface area (Å²) < 4.78 is 5.54. The van der Waals surface area contributed by atoms with Crippen LogP contribution in [0.5, 0.6) is 5.75 Å². The Labute approximate surface area is 143 Å². The molecule has 122 valence electrons. The van der Waals surface area contributed by atoms with Crippen molar-refractivity contribution in [2.24, 2.45) is 0 Å². The lowest BCUT2D eigenvalue weighted by Crippen LogP contribution is -2.41. The number of amides is 3. The number of hydrogen-bond acceptors (Lipinski definition) is 5. The molecule has 0 bridgehead atoms. The van der Waals surface area contributed by atoms with Gasteiger partial charge in [0.15, 0.2) is 0 Å². The van der Waals surface area contributed by atoms with Crippen LogP contribution in [-0.2, 0) is 10.3 Å². The molecule has 1 aliphatic rings. The number of urea groups is 1. The number of nitrogens with one attached hydrogen (secondary N) is 1. The Morgan fingerprint density at radius 3 is 2.92 bits per heavy atom. The minimum atomic E-state index is -1.03. The number of nitrogens with zero attached hydrogens (tertiary/aromatic N) is 2. The fourth-order valence-electron chi connectivity index (χ4n) is 2.55. The first-order chi connectivity index (χ1) is 11.5. The van der Waals surface area contributed by atoms with E-state index in [9.17, 15) is 9.59 Å². The molecule has 2 heterocycles. The molecule has 1 aliphatic heterocycles. The zero-order valence-electron chi connectivity index (χ0n) is 13.0. The second-order valence-corrected chi connectivity index (χ2v) is 6.29. The largest absolute Gasteiger partial charge is 0.492 e. The molecule has 1 atom stereocenters. The Kier molecular flexibility index (Phi) is 4.23. The number of thiophene rings is 1. The van der Waals surface area contributed by atoms with E-state index in [1.807, 2.05) is 22.9 Å². The van der Waals surface area contributed by atoms with Crippen molar-refractivity contribution in [3.05, 3.63) is 52.2 Å². The first-order valence-electron chi connectivity index (χ1n) is 7.34. The molecule has 0 spiro atoms. The SMILES string of the molecule is CC1(c2ccsc2)NC(=O)N(CCOc2cccc(C#N)c2)C1=O. The first kappa shape index (κ1) is 16.0. The molecule has 24 heavy (non-hydrogen) atoms. The number of rotatable bonds is 5. The van der Waals surface area contributed by atoms with E-state index in [1.165, 1.54) is 11.3 Å². The van der Waals surface area contributed by atoms with Crippen molar-refractivity contribution in [1.29, 1.82) is 5.26 Å². The van der Waals surface area contributed by atoms with Crippen molar-refractivity contribution in [1.82, 2.24) is 10.2 Å². The lowest BCUT2D eigenvalue weighted by Gasteiger charge is -2.20. The van der Waals surface area contributed by atoms with Gasteiger partial charge in [-0.3, -0.25) is 9.69 Å². The van der Waals surface area contributed by atoms with Gasteiger partial charge in [0.25, 0.3) is 5.91 Å². The predicted octanol–water partition coefficient (Wildman–Crippen LogP) is 2.47. The van der Waals surface area contributed by atoms with Crippen LogP contribution in [0.4, 0.5) is 4.79 Å². The highest BCUT2D eigenvalue weighted by Crippen LogP contribution is 2.30. The number of benzene rings is 1.